The summed E-state index contributed by atoms with van der Waals surface area (Å²) < 4.78 is 39.9. The van der Waals surface area contributed by atoms with Crippen LogP contribution in [0.4, 0.5) is 8.78 Å². The van der Waals surface area contributed by atoms with Gasteiger partial charge >= 0.3 is 0 Å². The van der Waals surface area contributed by atoms with Gasteiger partial charge in [0.2, 0.25) is 5.91 Å². The normalized spacial score (nSPS) is 19.9. The van der Waals surface area contributed by atoms with Crippen LogP contribution in [0.2, 0.25) is 0 Å². The monoisotopic (exact) mass is 601 g/mol. The van der Waals surface area contributed by atoms with Crippen LogP contribution in [-0.2, 0) is 4.79 Å². The zero-order valence-electron chi connectivity index (χ0n) is 25.4. The van der Waals surface area contributed by atoms with E-state index in [1.807, 2.05) is 22.9 Å². The van der Waals surface area contributed by atoms with Crippen LogP contribution < -0.4 is 20.1 Å². The van der Waals surface area contributed by atoms with Crippen molar-refractivity contribution >= 4 is 11.8 Å². The maximum atomic E-state index is 13.7. The highest BCUT2D eigenvalue weighted by molar-refractivity contribution is 5.94. The van der Waals surface area contributed by atoms with E-state index in [1.54, 1.807) is 20.3 Å². The summed E-state index contributed by atoms with van der Waals surface area (Å²) in [5.41, 5.74) is 1.74. The summed E-state index contributed by atoms with van der Waals surface area (Å²) in [7, 11) is 3.21. The molecule has 0 spiro atoms. The number of carbonyl (C=O) groups excluding carboxylic acids is 2. The van der Waals surface area contributed by atoms with Crippen molar-refractivity contribution in [2.45, 2.75) is 101 Å². The van der Waals surface area contributed by atoms with Gasteiger partial charge in [0.1, 0.15) is 11.5 Å². The van der Waals surface area contributed by atoms with Crippen molar-refractivity contribution in [2.75, 3.05) is 33.9 Å². The Balaban J connectivity index is 1.34. The lowest BCUT2D eigenvalue weighted by Gasteiger charge is -2.35. The summed E-state index contributed by atoms with van der Waals surface area (Å²) in [6.45, 7) is 3.04. The summed E-state index contributed by atoms with van der Waals surface area (Å²) in [5, 5.41) is 10.6. The lowest BCUT2D eigenvalue weighted by Crippen LogP contribution is -2.51. The Morgan fingerprint density at radius 2 is 1.72 bits per heavy atom. The number of alkyl halides is 2. The van der Waals surface area contributed by atoms with Crippen molar-refractivity contribution in [1.82, 2.24) is 25.3 Å². The van der Waals surface area contributed by atoms with Crippen molar-refractivity contribution in [3.8, 4) is 22.8 Å². The number of nitrogens with zero attached hydrogens (tertiary/aromatic N) is 3. The fourth-order valence-electron chi connectivity index (χ4n) is 6.73. The van der Waals surface area contributed by atoms with Crippen LogP contribution in [0.1, 0.15) is 93.6 Å². The van der Waals surface area contributed by atoms with Crippen LogP contribution >= 0.6 is 0 Å². The quantitative estimate of drug-likeness (QED) is 0.321. The number of hydrogen-bond acceptors (Lipinski definition) is 6. The molecule has 3 fully saturated rings. The van der Waals surface area contributed by atoms with E-state index in [9.17, 15) is 18.4 Å². The second-order valence-electron chi connectivity index (χ2n) is 12.3. The Kier molecular flexibility index (Phi) is 10.2. The Morgan fingerprint density at radius 1 is 1.05 bits per heavy atom. The van der Waals surface area contributed by atoms with E-state index < -0.39 is 18.0 Å². The van der Waals surface area contributed by atoms with Gasteiger partial charge in [0.25, 0.3) is 11.8 Å². The molecule has 11 heteroatoms. The van der Waals surface area contributed by atoms with E-state index in [2.05, 4.69) is 15.5 Å². The maximum Gasteiger partial charge on any atom is 0.272 e. The smallest absolute Gasteiger partial charge is 0.272 e. The lowest BCUT2D eigenvalue weighted by molar-refractivity contribution is -0.129. The van der Waals surface area contributed by atoms with E-state index >= 15 is 0 Å². The Hall–Kier alpha value is -3.21. The summed E-state index contributed by atoms with van der Waals surface area (Å²) in [6.07, 6.45) is 8.54. The molecular formula is C32H45F2N5O4. The molecule has 1 saturated heterocycles. The van der Waals surface area contributed by atoms with Crippen LogP contribution in [0, 0.1) is 0 Å². The molecule has 0 bridgehead atoms. The van der Waals surface area contributed by atoms with Crippen molar-refractivity contribution in [3.05, 3.63) is 30.0 Å². The molecule has 2 N–H and O–H groups in total. The van der Waals surface area contributed by atoms with Crippen LogP contribution in [0.25, 0.3) is 11.3 Å². The molecule has 43 heavy (non-hydrogen) atoms. The third-order valence-corrected chi connectivity index (χ3v) is 9.02. The third-order valence-electron chi connectivity index (χ3n) is 9.02. The summed E-state index contributed by atoms with van der Waals surface area (Å²) in [6, 6.07) is 6.53. The molecule has 2 amide bonds. The number of amides is 2. The number of aromatic nitrogens is 2. The number of benzene rings is 1. The van der Waals surface area contributed by atoms with Crippen molar-refractivity contribution in [2.24, 2.45) is 0 Å². The van der Waals surface area contributed by atoms with E-state index in [0.29, 0.717) is 17.9 Å². The van der Waals surface area contributed by atoms with E-state index in [1.165, 1.54) is 19.3 Å². The van der Waals surface area contributed by atoms with Gasteiger partial charge in [0.05, 0.1) is 31.5 Å². The summed E-state index contributed by atoms with van der Waals surface area (Å²) in [5.74, 6) is -2.14. The van der Waals surface area contributed by atoms with Gasteiger partial charge in [-0.1, -0.05) is 25.3 Å². The number of rotatable bonds is 13. The van der Waals surface area contributed by atoms with Gasteiger partial charge in [-0.3, -0.25) is 14.3 Å². The fourth-order valence-corrected chi connectivity index (χ4v) is 6.73. The molecule has 3 aliphatic rings. The third kappa shape index (κ3) is 7.85. The first-order chi connectivity index (χ1) is 20.8. The van der Waals surface area contributed by atoms with Gasteiger partial charge in [-0.2, -0.15) is 5.10 Å². The molecule has 1 atom stereocenters. The number of carbonyl (C=O) groups is 2. The molecule has 0 unspecified atom stereocenters. The van der Waals surface area contributed by atoms with Crippen LogP contribution in [0.15, 0.2) is 24.3 Å². The molecule has 0 radical (unpaired) electrons. The number of likely N-dealkylation sites (tertiary alicyclic amines) is 1. The first-order valence-electron chi connectivity index (χ1n) is 15.8. The molecule has 1 aliphatic heterocycles. The number of hydrogen-bond donors (Lipinski definition) is 2. The van der Waals surface area contributed by atoms with Crippen molar-refractivity contribution in [3.63, 3.8) is 0 Å². The van der Waals surface area contributed by atoms with Gasteiger partial charge in [-0.25, -0.2) is 8.78 Å². The molecule has 2 aliphatic carbocycles. The molecule has 2 heterocycles. The topological polar surface area (TPSA) is 97.7 Å². The highest BCUT2D eigenvalue weighted by Crippen LogP contribution is 2.42. The second kappa shape index (κ2) is 14.1. The van der Waals surface area contributed by atoms with Gasteiger partial charge in [-0.05, 0) is 76.4 Å². The van der Waals surface area contributed by atoms with Crippen LogP contribution in [0.3, 0.4) is 0 Å². The SMILES string of the molecule is COc1cccc(OC)c1-c1cc(C(=O)N[C@@H](CCCN2CCCCC2)CC(=O)NC2CC(F)(F)C2)nn1C1CCCC1. The zero-order valence-corrected chi connectivity index (χ0v) is 25.4. The molecular weight excluding hydrogens is 556 g/mol. The van der Waals surface area contributed by atoms with Gasteiger partial charge < -0.3 is 25.0 Å². The molecule has 5 rings (SSSR count). The maximum absolute atomic E-state index is 13.7. The molecule has 236 valence electrons. The van der Waals surface area contributed by atoms with Gasteiger partial charge in [0, 0.05) is 31.3 Å². The molecule has 1 aromatic carbocycles. The number of ether oxygens (including phenoxy) is 2. The zero-order chi connectivity index (χ0) is 30.4. The lowest BCUT2D eigenvalue weighted by atomic mass is 9.88. The Morgan fingerprint density at radius 3 is 2.35 bits per heavy atom. The van der Waals surface area contributed by atoms with Crippen molar-refractivity contribution in [1.29, 1.82) is 0 Å². The molecule has 2 saturated carbocycles. The predicted molar refractivity (Wildman–Crippen MR) is 160 cm³/mol. The number of halogens is 2. The second-order valence-corrected chi connectivity index (χ2v) is 12.3. The molecule has 1 aromatic heterocycles. The van der Waals surface area contributed by atoms with Crippen LogP contribution in [-0.4, -0.2) is 78.4 Å². The van der Waals surface area contributed by atoms with E-state index in [4.69, 9.17) is 14.6 Å². The number of methoxy groups -OCH3 is 2. The molecule has 9 nitrogen and oxygen atoms in total. The predicted octanol–water partition coefficient (Wildman–Crippen LogP) is 5.35. The molecule has 2 aromatic rings. The summed E-state index contributed by atoms with van der Waals surface area (Å²) >= 11 is 0. The van der Waals surface area contributed by atoms with E-state index in [0.717, 1.165) is 63.0 Å². The first-order valence-corrected chi connectivity index (χ1v) is 15.8. The first kappa shape index (κ1) is 31.2. The van der Waals surface area contributed by atoms with E-state index in [-0.39, 0.29) is 42.8 Å². The highest BCUT2D eigenvalue weighted by atomic mass is 19.3. The number of nitrogens with one attached hydrogen (secondary N) is 2. The standard InChI is InChI=1S/C32H45F2N5O4/c1-42-27-13-8-14-28(43-2)30(27)26-19-25(37-39(26)24-11-4-5-12-24)31(41)36-22(10-9-17-38-15-6-3-7-16-38)18-29(40)35-23-20-32(33,34)21-23/h8,13-14,19,22-24H,3-7,9-12,15-18,20-21H2,1-2H3,(H,35,40)(H,36,41)/t22-/m0/s1. The van der Waals surface area contributed by atoms with Gasteiger partial charge in [-0.15, -0.1) is 0 Å². The largest absolute Gasteiger partial charge is 0.496 e. The average molecular weight is 602 g/mol. The van der Waals surface area contributed by atoms with Crippen LogP contribution in [0.5, 0.6) is 11.5 Å². The van der Waals surface area contributed by atoms with Gasteiger partial charge in [0.15, 0.2) is 5.69 Å². The Bertz CT molecular complexity index is 1230. The van der Waals surface area contributed by atoms with Crippen molar-refractivity contribution < 1.29 is 27.8 Å². The fraction of sp³-hybridized carbons (Fsp3) is 0.656. The minimum atomic E-state index is -2.71. The Labute approximate surface area is 252 Å². The minimum Gasteiger partial charge on any atom is -0.496 e. The highest BCUT2D eigenvalue weighted by Gasteiger charge is 2.46. The number of piperidine rings is 1. The average Bonchev–Trinajstić information content (AvgIpc) is 3.67. The summed E-state index contributed by atoms with van der Waals surface area (Å²) in [4.78, 5) is 29.0. The minimum absolute atomic E-state index is 0.0321.